The highest BCUT2D eigenvalue weighted by Gasteiger charge is 2.03. The molecule has 0 aliphatic rings. The summed E-state index contributed by atoms with van der Waals surface area (Å²) in [5, 5.41) is 0. The van der Waals surface area contributed by atoms with E-state index in [1.165, 1.54) is 0 Å². The third kappa shape index (κ3) is 7.87. The van der Waals surface area contributed by atoms with Crippen molar-refractivity contribution in [1.82, 2.24) is 0 Å². The summed E-state index contributed by atoms with van der Waals surface area (Å²) < 4.78 is 39.4. The van der Waals surface area contributed by atoms with Crippen LogP contribution in [-0.4, -0.2) is 38.5 Å². The van der Waals surface area contributed by atoms with Crippen LogP contribution in [0.25, 0.3) is 0 Å². The Morgan fingerprint density at radius 3 is 2.29 bits per heavy atom. The first kappa shape index (κ1) is 14.1. The fourth-order valence-electron chi connectivity index (χ4n) is 1.15. The molecule has 1 rings (SSSR count). The molecule has 0 aliphatic heterocycles. The topological polar surface area (TPSA) is 72.8 Å². The number of rotatable bonds is 8. The van der Waals surface area contributed by atoms with Crippen LogP contribution in [0.5, 0.6) is 0 Å². The predicted octanol–water partition coefficient (Wildman–Crippen LogP) is 1.11. The van der Waals surface area contributed by atoms with Gasteiger partial charge >= 0.3 is 0 Å². The van der Waals surface area contributed by atoms with Crippen molar-refractivity contribution in [3.05, 3.63) is 35.9 Å². The van der Waals surface area contributed by atoms with Crippen molar-refractivity contribution in [2.75, 3.05) is 25.6 Å². The minimum atomic E-state index is -3.93. The second-order valence-electron chi connectivity index (χ2n) is 3.44. The van der Waals surface area contributed by atoms with Gasteiger partial charge in [0.15, 0.2) is 0 Å². The van der Waals surface area contributed by atoms with Crippen LogP contribution in [0.4, 0.5) is 0 Å². The largest absolute Gasteiger partial charge is 0.378 e. The van der Waals surface area contributed by atoms with E-state index in [0.29, 0.717) is 19.8 Å². The lowest BCUT2D eigenvalue weighted by Gasteiger charge is -2.05. The molecule has 0 heterocycles. The van der Waals surface area contributed by atoms with E-state index >= 15 is 0 Å². The average molecular weight is 260 g/mol. The molecule has 0 aliphatic carbocycles. The SMILES string of the molecule is O=S(=O)(O)CCOCCOCc1ccccc1. The van der Waals surface area contributed by atoms with Crippen LogP contribution in [0.1, 0.15) is 5.56 Å². The van der Waals surface area contributed by atoms with Gasteiger partial charge in [0.05, 0.1) is 32.2 Å². The van der Waals surface area contributed by atoms with E-state index < -0.39 is 10.1 Å². The van der Waals surface area contributed by atoms with Gasteiger partial charge in [0.1, 0.15) is 0 Å². The average Bonchev–Trinajstić information content (AvgIpc) is 2.28. The summed E-state index contributed by atoms with van der Waals surface area (Å²) >= 11 is 0. The highest BCUT2D eigenvalue weighted by Crippen LogP contribution is 1.99. The first-order chi connectivity index (χ1) is 8.08. The maximum Gasteiger partial charge on any atom is 0.267 e. The van der Waals surface area contributed by atoms with Gasteiger partial charge in [-0.1, -0.05) is 30.3 Å². The minimum Gasteiger partial charge on any atom is -0.378 e. The molecule has 1 aromatic carbocycles. The van der Waals surface area contributed by atoms with Gasteiger partial charge in [-0.2, -0.15) is 8.42 Å². The molecule has 1 N–H and O–H groups in total. The third-order valence-corrected chi connectivity index (χ3v) is 2.65. The fourth-order valence-corrected chi connectivity index (χ4v) is 1.48. The van der Waals surface area contributed by atoms with E-state index in [0.717, 1.165) is 5.56 Å². The smallest absolute Gasteiger partial charge is 0.267 e. The van der Waals surface area contributed by atoms with Gasteiger partial charge in [0.2, 0.25) is 0 Å². The fraction of sp³-hybridized carbons (Fsp3) is 0.455. The molecular formula is C11H16O5S. The van der Waals surface area contributed by atoms with E-state index in [4.69, 9.17) is 14.0 Å². The maximum absolute atomic E-state index is 10.3. The maximum atomic E-state index is 10.3. The van der Waals surface area contributed by atoms with Crippen molar-refractivity contribution in [1.29, 1.82) is 0 Å². The second kappa shape index (κ2) is 7.39. The van der Waals surface area contributed by atoms with E-state index in [-0.39, 0.29) is 12.4 Å². The molecule has 1 aromatic rings. The van der Waals surface area contributed by atoms with E-state index in [2.05, 4.69) is 0 Å². The Morgan fingerprint density at radius 1 is 1.00 bits per heavy atom. The Bertz CT molecular complexity index is 401. The van der Waals surface area contributed by atoms with E-state index in [1.807, 2.05) is 30.3 Å². The van der Waals surface area contributed by atoms with E-state index in [1.54, 1.807) is 0 Å². The Hall–Kier alpha value is -0.950. The van der Waals surface area contributed by atoms with Crippen LogP contribution in [0.2, 0.25) is 0 Å². The summed E-state index contributed by atoms with van der Waals surface area (Å²) in [4.78, 5) is 0. The van der Waals surface area contributed by atoms with Gasteiger partial charge in [-0.3, -0.25) is 4.55 Å². The first-order valence-electron chi connectivity index (χ1n) is 5.22. The molecule has 0 bridgehead atoms. The van der Waals surface area contributed by atoms with Gasteiger partial charge in [-0.05, 0) is 5.56 Å². The van der Waals surface area contributed by atoms with Crippen LogP contribution in [0.3, 0.4) is 0 Å². The Morgan fingerprint density at radius 2 is 1.65 bits per heavy atom. The molecular weight excluding hydrogens is 244 g/mol. The molecule has 0 fully saturated rings. The van der Waals surface area contributed by atoms with Crippen molar-refractivity contribution >= 4 is 10.1 Å². The molecule has 17 heavy (non-hydrogen) atoms. The monoisotopic (exact) mass is 260 g/mol. The third-order valence-electron chi connectivity index (χ3n) is 1.97. The zero-order chi connectivity index (χ0) is 12.6. The Labute approximate surface area is 101 Å². The summed E-state index contributed by atoms with van der Waals surface area (Å²) in [5.41, 5.74) is 1.07. The van der Waals surface area contributed by atoms with Crippen molar-refractivity contribution in [2.45, 2.75) is 6.61 Å². The molecule has 0 saturated heterocycles. The van der Waals surface area contributed by atoms with Crippen LogP contribution >= 0.6 is 0 Å². The van der Waals surface area contributed by atoms with Crippen LogP contribution < -0.4 is 0 Å². The number of hydrogen-bond donors (Lipinski definition) is 1. The molecule has 0 radical (unpaired) electrons. The molecule has 96 valence electrons. The molecule has 6 heteroatoms. The van der Waals surface area contributed by atoms with Crippen LogP contribution in [0.15, 0.2) is 30.3 Å². The zero-order valence-electron chi connectivity index (χ0n) is 9.41. The molecule has 0 atom stereocenters. The summed E-state index contributed by atoms with van der Waals surface area (Å²) in [6.07, 6.45) is 0. The highest BCUT2D eigenvalue weighted by atomic mass is 32.2. The molecule has 0 unspecified atom stereocenters. The standard InChI is InChI=1S/C11H16O5S/c12-17(13,14)9-8-15-6-7-16-10-11-4-2-1-3-5-11/h1-5H,6-10H2,(H,12,13,14). The van der Waals surface area contributed by atoms with Crippen LogP contribution in [-0.2, 0) is 26.2 Å². The first-order valence-corrected chi connectivity index (χ1v) is 6.83. The predicted molar refractivity (Wildman–Crippen MR) is 63.3 cm³/mol. The summed E-state index contributed by atoms with van der Waals surface area (Å²) in [6, 6.07) is 9.71. The summed E-state index contributed by atoms with van der Waals surface area (Å²) in [5.74, 6) is -0.383. The van der Waals surface area contributed by atoms with Gasteiger partial charge in [-0.15, -0.1) is 0 Å². The molecule has 0 aromatic heterocycles. The number of benzene rings is 1. The molecule has 0 amide bonds. The van der Waals surface area contributed by atoms with Crippen molar-refractivity contribution in [2.24, 2.45) is 0 Å². The van der Waals surface area contributed by atoms with Gasteiger partial charge < -0.3 is 9.47 Å². The normalized spacial score (nSPS) is 11.6. The quantitative estimate of drug-likeness (QED) is 0.560. The lowest BCUT2D eigenvalue weighted by Crippen LogP contribution is -2.13. The Balaban J connectivity index is 1.99. The second-order valence-corrected chi connectivity index (χ2v) is 5.01. The van der Waals surface area contributed by atoms with Crippen molar-refractivity contribution in [3.63, 3.8) is 0 Å². The molecule has 0 spiro atoms. The minimum absolute atomic E-state index is 0.0203. The molecule has 0 saturated carbocycles. The zero-order valence-corrected chi connectivity index (χ0v) is 10.2. The number of ether oxygens (including phenoxy) is 2. The lowest BCUT2D eigenvalue weighted by atomic mass is 10.2. The van der Waals surface area contributed by atoms with Crippen molar-refractivity contribution in [3.8, 4) is 0 Å². The van der Waals surface area contributed by atoms with E-state index in [9.17, 15) is 8.42 Å². The van der Waals surface area contributed by atoms with Gasteiger partial charge in [-0.25, -0.2) is 0 Å². The number of hydrogen-bond acceptors (Lipinski definition) is 4. The highest BCUT2D eigenvalue weighted by molar-refractivity contribution is 7.85. The van der Waals surface area contributed by atoms with Gasteiger partial charge in [0, 0.05) is 0 Å². The van der Waals surface area contributed by atoms with Gasteiger partial charge in [0.25, 0.3) is 10.1 Å². The molecule has 5 nitrogen and oxygen atoms in total. The lowest BCUT2D eigenvalue weighted by molar-refractivity contribution is 0.0456. The summed E-state index contributed by atoms with van der Waals surface area (Å²) in [7, 11) is -3.93. The van der Waals surface area contributed by atoms with Crippen molar-refractivity contribution < 1.29 is 22.4 Å². The van der Waals surface area contributed by atoms with Crippen LogP contribution in [0, 0.1) is 0 Å². The Kier molecular flexibility index (Phi) is 6.13. The summed E-state index contributed by atoms with van der Waals surface area (Å²) in [6.45, 7) is 1.18.